The molecule has 0 aromatic heterocycles. The molecule has 1 N–H and O–H groups in total. The third-order valence-corrected chi connectivity index (χ3v) is 1.52. The topological polar surface area (TPSA) is 46.2 Å². The average molecular weight is 309 g/mol. The van der Waals surface area contributed by atoms with Crippen molar-refractivity contribution < 1.29 is 53.5 Å². The summed E-state index contributed by atoms with van der Waals surface area (Å²) < 4.78 is 118. The molecule has 0 radical (unpaired) electrons. The summed E-state index contributed by atoms with van der Waals surface area (Å²) in [5.41, 5.74) is 0. The molecular formula is C6HF10NO2. The van der Waals surface area contributed by atoms with Crippen LogP contribution in [0.2, 0.25) is 0 Å². The van der Waals surface area contributed by atoms with Gasteiger partial charge in [0.15, 0.2) is 0 Å². The van der Waals surface area contributed by atoms with Crippen molar-refractivity contribution in [2.75, 3.05) is 0 Å². The Hall–Kier alpha value is -1.56. The monoisotopic (exact) mass is 309 g/mol. The van der Waals surface area contributed by atoms with Crippen LogP contribution in [0.1, 0.15) is 0 Å². The molecular weight excluding hydrogens is 308 g/mol. The maximum Gasteiger partial charge on any atom is 0.471 e. The predicted molar refractivity (Wildman–Crippen MR) is 35.2 cm³/mol. The Morgan fingerprint density at radius 3 is 1.32 bits per heavy atom. The normalized spacial score (nSPS) is 14.2. The Kier molecular flexibility index (Phi) is 4.15. The van der Waals surface area contributed by atoms with Crippen LogP contribution in [-0.4, -0.2) is 36.0 Å². The van der Waals surface area contributed by atoms with Crippen molar-refractivity contribution in [3.8, 4) is 0 Å². The molecule has 0 aliphatic carbocycles. The molecule has 0 aromatic carbocycles. The lowest BCUT2D eigenvalue weighted by Gasteiger charge is -2.26. The number of imide groups is 1. The van der Waals surface area contributed by atoms with Gasteiger partial charge in [-0.3, -0.25) is 14.9 Å². The molecule has 0 spiro atoms. The number of rotatable bonds is 2. The van der Waals surface area contributed by atoms with Gasteiger partial charge < -0.3 is 0 Å². The van der Waals surface area contributed by atoms with Crippen LogP contribution in [0.25, 0.3) is 0 Å². The number of hydrogen-bond donors (Lipinski definition) is 1. The van der Waals surface area contributed by atoms with Crippen LogP contribution in [0.15, 0.2) is 0 Å². The Balaban J connectivity index is 5.25. The van der Waals surface area contributed by atoms with Gasteiger partial charge >= 0.3 is 36.0 Å². The quantitative estimate of drug-likeness (QED) is 0.793. The Morgan fingerprint density at radius 2 is 1.05 bits per heavy atom. The number of carbonyl (C=O) groups excluding carboxylic acids is 2. The van der Waals surface area contributed by atoms with E-state index in [0.717, 1.165) is 0 Å². The van der Waals surface area contributed by atoms with Gasteiger partial charge in [0.2, 0.25) is 0 Å². The van der Waals surface area contributed by atoms with Crippen LogP contribution in [0, 0.1) is 0 Å². The number of amides is 2. The highest BCUT2D eigenvalue weighted by molar-refractivity contribution is 6.01. The smallest absolute Gasteiger partial charge is 0.283 e. The maximum atomic E-state index is 12.4. The van der Waals surface area contributed by atoms with Crippen molar-refractivity contribution in [2.45, 2.75) is 24.2 Å². The van der Waals surface area contributed by atoms with Crippen LogP contribution in [0.3, 0.4) is 0 Å². The summed E-state index contributed by atoms with van der Waals surface area (Å²) in [7, 11) is 0. The zero-order valence-corrected chi connectivity index (χ0v) is 8.10. The molecule has 0 fully saturated rings. The molecule has 0 aliphatic rings. The first-order valence-electron chi connectivity index (χ1n) is 3.80. The van der Waals surface area contributed by atoms with Gasteiger partial charge in [0.25, 0.3) is 0 Å². The lowest BCUT2D eigenvalue weighted by Crippen LogP contribution is -2.61. The summed E-state index contributed by atoms with van der Waals surface area (Å²) >= 11 is 0. The number of halogens is 10. The van der Waals surface area contributed by atoms with Crippen LogP contribution in [-0.2, 0) is 9.59 Å². The summed E-state index contributed by atoms with van der Waals surface area (Å²) in [5.74, 6) is -20.7. The summed E-state index contributed by atoms with van der Waals surface area (Å²) in [6.07, 6.45) is -12.8. The summed E-state index contributed by atoms with van der Waals surface area (Å²) in [6, 6.07) is 0. The van der Waals surface area contributed by atoms with E-state index in [1.165, 1.54) is 0 Å². The molecule has 0 aromatic rings. The largest absolute Gasteiger partial charge is 0.471 e. The molecule has 0 rings (SSSR count). The lowest BCUT2D eigenvalue weighted by molar-refractivity contribution is -0.344. The second-order valence-electron chi connectivity index (χ2n) is 2.93. The first-order chi connectivity index (χ1) is 8.05. The van der Waals surface area contributed by atoms with Gasteiger partial charge in [0.05, 0.1) is 0 Å². The fourth-order valence-corrected chi connectivity index (χ4v) is 0.573. The van der Waals surface area contributed by atoms with Crippen molar-refractivity contribution in [2.24, 2.45) is 0 Å². The molecule has 19 heavy (non-hydrogen) atoms. The van der Waals surface area contributed by atoms with Crippen LogP contribution in [0.5, 0.6) is 0 Å². The first kappa shape index (κ1) is 17.4. The Labute approximate surface area is 96.1 Å². The van der Waals surface area contributed by atoms with E-state index >= 15 is 0 Å². The van der Waals surface area contributed by atoms with Crippen LogP contribution < -0.4 is 5.32 Å². The van der Waals surface area contributed by atoms with Gasteiger partial charge in [-0.05, 0) is 0 Å². The minimum absolute atomic E-state index is 0.295. The highest BCUT2D eigenvalue weighted by atomic mass is 19.4. The standard InChI is InChI=1S/C6HF10NO2/c7-3(8,5(12,13)6(14,15)16)1(18)17-2(19)4(9,10)11/h(H,17,18,19). The minimum Gasteiger partial charge on any atom is -0.283 e. The van der Waals surface area contributed by atoms with Gasteiger partial charge in [-0.1, -0.05) is 0 Å². The maximum absolute atomic E-state index is 12.4. The Morgan fingerprint density at radius 1 is 0.684 bits per heavy atom. The summed E-state index contributed by atoms with van der Waals surface area (Å²) in [5, 5.41) is -0.295. The zero-order valence-electron chi connectivity index (χ0n) is 8.10. The second-order valence-corrected chi connectivity index (χ2v) is 2.93. The molecule has 112 valence electrons. The fourth-order valence-electron chi connectivity index (χ4n) is 0.573. The fraction of sp³-hybridized carbons (Fsp3) is 0.667. The molecule has 0 unspecified atom stereocenters. The van der Waals surface area contributed by atoms with Gasteiger partial charge in [-0.15, -0.1) is 0 Å². The SMILES string of the molecule is O=C(NC(=O)C(F)(F)C(F)(F)C(F)(F)F)C(F)(F)F. The van der Waals surface area contributed by atoms with Gasteiger partial charge in [-0.2, -0.15) is 43.9 Å². The molecule has 0 aliphatic heterocycles. The average Bonchev–Trinajstić information content (AvgIpc) is 2.13. The molecule has 2 amide bonds. The predicted octanol–water partition coefficient (Wildman–Crippen LogP) is 2.02. The lowest BCUT2D eigenvalue weighted by atomic mass is 10.1. The van der Waals surface area contributed by atoms with E-state index in [4.69, 9.17) is 0 Å². The van der Waals surface area contributed by atoms with E-state index in [0.29, 0.717) is 0 Å². The van der Waals surface area contributed by atoms with E-state index in [1.807, 2.05) is 0 Å². The van der Waals surface area contributed by atoms with Crippen LogP contribution in [0.4, 0.5) is 43.9 Å². The highest BCUT2D eigenvalue weighted by Crippen LogP contribution is 2.46. The van der Waals surface area contributed by atoms with Gasteiger partial charge in [-0.25, -0.2) is 0 Å². The van der Waals surface area contributed by atoms with E-state index in [2.05, 4.69) is 0 Å². The van der Waals surface area contributed by atoms with E-state index in [1.54, 1.807) is 0 Å². The van der Waals surface area contributed by atoms with E-state index in [-0.39, 0.29) is 5.32 Å². The minimum atomic E-state index is -6.95. The van der Waals surface area contributed by atoms with Crippen molar-refractivity contribution in [1.29, 1.82) is 0 Å². The van der Waals surface area contributed by atoms with Crippen LogP contribution >= 0.6 is 0 Å². The summed E-state index contributed by atoms with van der Waals surface area (Å²) in [6.45, 7) is 0. The Bertz CT molecular complexity index is 380. The first-order valence-corrected chi connectivity index (χ1v) is 3.80. The molecule has 0 bridgehead atoms. The number of alkyl halides is 10. The molecule has 0 atom stereocenters. The number of hydrogen-bond acceptors (Lipinski definition) is 2. The second kappa shape index (κ2) is 4.52. The molecule has 0 heterocycles. The van der Waals surface area contributed by atoms with Crippen molar-refractivity contribution in [3.63, 3.8) is 0 Å². The third-order valence-electron chi connectivity index (χ3n) is 1.52. The zero-order chi connectivity index (χ0) is 15.9. The van der Waals surface area contributed by atoms with E-state index < -0.39 is 36.0 Å². The van der Waals surface area contributed by atoms with Crippen molar-refractivity contribution >= 4 is 11.8 Å². The molecule has 0 saturated heterocycles. The van der Waals surface area contributed by atoms with Crippen molar-refractivity contribution in [3.05, 3.63) is 0 Å². The van der Waals surface area contributed by atoms with E-state index in [9.17, 15) is 53.5 Å². The highest BCUT2D eigenvalue weighted by Gasteiger charge is 2.76. The number of nitrogens with one attached hydrogen (secondary N) is 1. The molecule has 3 nitrogen and oxygen atoms in total. The summed E-state index contributed by atoms with van der Waals surface area (Å²) in [4.78, 5) is 20.2. The van der Waals surface area contributed by atoms with Gasteiger partial charge in [0, 0.05) is 0 Å². The molecule has 0 saturated carbocycles. The van der Waals surface area contributed by atoms with Gasteiger partial charge in [0.1, 0.15) is 0 Å². The third kappa shape index (κ3) is 3.26. The molecule has 13 heteroatoms. The van der Waals surface area contributed by atoms with Crippen molar-refractivity contribution in [1.82, 2.24) is 5.32 Å². The number of carbonyl (C=O) groups is 2.